The van der Waals surface area contributed by atoms with Gasteiger partial charge in [0.1, 0.15) is 5.60 Å². The van der Waals surface area contributed by atoms with E-state index in [2.05, 4.69) is 14.9 Å². The summed E-state index contributed by atoms with van der Waals surface area (Å²) in [5, 5.41) is 6.96. The van der Waals surface area contributed by atoms with Crippen molar-refractivity contribution in [2.75, 3.05) is 11.3 Å². The lowest BCUT2D eigenvalue weighted by Gasteiger charge is -2.29. The van der Waals surface area contributed by atoms with Crippen LogP contribution in [0, 0.1) is 13.8 Å². The average Bonchev–Trinajstić information content (AvgIpc) is 2.97. The Labute approximate surface area is 165 Å². The van der Waals surface area contributed by atoms with E-state index in [1.54, 1.807) is 23.1 Å². The molecule has 0 spiro atoms. The molecule has 2 N–H and O–H groups in total. The minimum atomic E-state index is -3.75. The average molecular weight is 407 g/mol. The maximum Gasteiger partial charge on any atom is 0.410 e. The fourth-order valence-electron chi connectivity index (χ4n) is 2.95. The third kappa shape index (κ3) is 4.30. The number of aryl methyl sites for hydroxylation is 2. The van der Waals surface area contributed by atoms with Gasteiger partial charge >= 0.3 is 6.09 Å². The second kappa shape index (κ2) is 7.12. The number of H-pyrrole nitrogens is 1. The van der Waals surface area contributed by atoms with Gasteiger partial charge < -0.3 is 9.64 Å². The van der Waals surface area contributed by atoms with Crippen LogP contribution in [0.25, 0.3) is 0 Å². The van der Waals surface area contributed by atoms with Crippen LogP contribution in [-0.2, 0) is 27.7 Å². The fourth-order valence-corrected chi connectivity index (χ4v) is 4.07. The topological polar surface area (TPSA) is 104 Å². The summed E-state index contributed by atoms with van der Waals surface area (Å²) in [7, 11) is -3.75. The first-order valence-electron chi connectivity index (χ1n) is 9.10. The highest BCUT2D eigenvalue weighted by Crippen LogP contribution is 2.27. The molecular weight excluding hydrogens is 380 g/mol. The van der Waals surface area contributed by atoms with Crippen molar-refractivity contribution in [2.24, 2.45) is 0 Å². The Hall–Kier alpha value is -2.55. The van der Waals surface area contributed by atoms with Gasteiger partial charge in [0.15, 0.2) is 5.82 Å². The molecule has 0 aliphatic carbocycles. The molecule has 0 atom stereocenters. The number of hydrogen-bond donors (Lipinski definition) is 2. The first-order valence-corrected chi connectivity index (χ1v) is 10.6. The van der Waals surface area contributed by atoms with Crippen molar-refractivity contribution < 1.29 is 17.9 Å². The normalized spacial score (nSPS) is 14.5. The van der Waals surface area contributed by atoms with E-state index in [1.165, 1.54) is 0 Å². The third-order valence-corrected chi connectivity index (χ3v) is 5.94. The van der Waals surface area contributed by atoms with Crippen LogP contribution in [0.3, 0.4) is 0 Å². The summed E-state index contributed by atoms with van der Waals surface area (Å²) >= 11 is 0. The second-order valence-electron chi connectivity index (χ2n) is 8.03. The van der Waals surface area contributed by atoms with Gasteiger partial charge in [0.25, 0.3) is 10.0 Å². The van der Waals surface area contributed by atoms with Gasteiger partial charge in [-0.2, -0.15) is 5.10 Å². The van der Waals surface area contributed by atoms with E-state index in [0.29, 0.717) is 25.2 Å². The highest BCUT2D eigenvalue weighted by molar-refractivity contribution is 7.92. The minimum absolute atomic E-state index is 0.193. The number of rotatable bonds is 3. The van der Waals surface area contributed by atoms with Crippen LogP contribution in [-0.4, -0.2) is 41.8 Å². The Balaban J connectivity index is 1.77. The molecule has 1 aliphatic heterocycles. The first-order chi connectivity index (χ1) is 13.0. The number of aromatic nitrogens is 2. The quantitative estimate of drug-likeness (QED) is 0.815. The minimum Gasteiger partial charge on any atom is -0.444 e. The molecule has 9 heteroatoms. The molecule has 1 amide bonds. The lowest BCUT2D eigenvalue weighted by atomic mass is 10.1. The van der Waals surface area contributed by atoms with Crippen LogP contribution in [0.15, 0.2) is 23.1 Å². The number of aromatic amines is 1. The number of hydrogen-bond acceptors (Lipinski definition) is 5. The van der Waals surface area contributed by atoms with E-state index in [0.717, 1.165) is 16.7 Å². The Morgan fingerprint density at radius 3 is 2.61 bits per heavy atom. The monoisotopic (exact) mass is 406 g/mol. The molecule has 0 radical (unpaired) electrons. The van der Waals surface area contributed by atoms with Gasteiger partial charge in [0.05, 0.1) is 17.1 Å². The van der Waals surface area contributed by atoms with Crippen LogP contribution in [0.5, 0.6) is 0 Å². The summed E-state index contributed by atoms with van der Waals surface area (Å²) in [5.74, 6) is 0.275. The predicted molar refractivity (Wildman–Crippen MR) is 106 cm³/mol. The van der Waals surface area contributed by atoms with Crippen molar-refractivity contribution in [3.05, 3.63) is 40.6 Å². The lowest BCUT2D eigenvalue weighted by molar-refractivity contribution is 0.0221. The van der Waals surface area contributed by atoms with E-state index >= 15 is 0 Å². The van der Waals surface area contributed by atoms with Crippen molar-refractivity contribution in [1.29, 1.82) is 0 Å². The van der Waals surface area contributed by atoms with Crippen molar-refractivity contribution in [3.63, 3.8) is 0 Å². The number of nitrogens with zero attached hydrogens (tertiary/aromatic N) is 2. The second-order valence-corrected chi connectivity index (χ2v) is 9.72. The Kier molecular flexibility index (Phi) is 5.14. The zero-order valence-electron chi connectivity index (χ0n) is 16.8. The number of carbonyl (C=O) groups is 1. The largest absolute Gasteiger partial charge is 0.444 e. The molecular formula is C19H26N4O4S. The summed E-state index contributed by atoms with van der Waals surface area (Å²) < 4.78 is 33.4. The van der Waals surface area contributed by atoms with Crippen molar-refractivity contribution in [3.8, 4) is 0 Å². The molecule has 8 nitrogen and oxygen atoms in total. The molecule has 2 aromatic rings. The van der Waals surface area contributed by atoms with Crippen LogP contribution in [0.4, 0.5) is 10.6 Å². The number of ether oxygens (including phenoxy) is 1. The van der Waals surface area contributed by atoms with Crippen LogP contribution in [0.1, 0.15) is 43.2 Å². The van der Waals surface area contributed by atoms with E-state index in [4.69, 9.17) is 4.74 Å². The number of anilines is 1. The van der Waals surface area contributed by atoms with Gasteiger partial charge in [-0.05, 0) is 64.3 Å². The molecule has 0 fully saturated rings. The maximum absolute atomic E-state index is 12.7. The van der Waals surface area contributed by atoms with Gasteiger partial charge in [0.2, 0.25) is 0 Å². The lowest BCUT2D eigenvalue weighted by Crippen LogP contribution is -2.39. The predicted octanol–water partition coefficient (Wildman–Crippen LogP) is 3.12. The van der Waals surface area contributed by atoms with Gasteiger partial charge in [-0.25, -0.2) is 13.2 Å². The zero-order valence-corrected chi connectivity index (χ0v) is 17.6. The van der Waals surface area contributed by atoms with E-state index in [-0.39, 0.29) is 10.7 Å². The van der Waals surface area contributed by atoms with Gasteiger partial charge in [-0.15, -0.1) is 0 Å². The number of nitrogens with one attached hydrogen (secondary N) is 2. The van der Waals surface area contributed by atoms with Crippen LogP contribution >= 0.6 is 0 Å². The number of amides is 1. The summed E-state index contributed by atoms with van der Waals surface area (Å²) in [6, 6.07) is 5.00. The Morgan fingerprint density at radius 1 is 1.25 bits per heavy atom. The standard InChI is InChI=1S/C19H26N4O4S/c1-12-6-7-14(10-13(12)2)28(25,26)22-17-15-8-9-23(11-16(15)20-21-17)18(24)27-19(3,4)5/h6-7,10H,8-9,11H2,1-5H3,(H2,20,21,22). The molecule has 28 heavy (non-hydrogen) atoms. The van der Waals surface area contributed by atoms with E-state index in [9.17, 15) is 13.2 Å². The highest BCUT2D eigenvalue weighted by atomic mass is 32.2. The summed E-state index contributed by atoms with van der Waals surface area (Å²) in [4.78, 5) is 14.0. The summed E-state index contributed by atoms with van der Waals surface area (Å²) in [5.41, 5.74) is 2.83. The molecule has 3 rings (SSSR count). The molecule has 0 saturated carbocycles. The molecule has 0 saturated heterocycles. The first kappa shape index (κ1) is 20.2. The number of fused-ring (bicyclic) bond motifs is 1. The zero-order chi connectivity index (χ0) is 20.7. The SMILES string of the molecule is Cc1ccc(S(=O)(=O)Nc2n[nH]c3c2CCN(C(=O)OC(C)(C)C)C3)cc1C. The van der Waals surface area contributed by atoms with Gasteiger partial charge in [0, 0.05) is 12.1 Å². The smallest absolute Gasteiger partial charge is 0.410 e. The number of benzene rings is 1. The molecule has 1 aromatic carbocycles. The van der Waals surface area contributed by atoms with Crippen LogP contribution < -0.4 is 4.72 Å². The summed E-state index contributed by atoms with van der Waals surface area (Å²) in [6.45, 7) is 9.97. The summed E-state index contributed by atoms with van der Waals surface area (Å²) in [6.07, 6.45) is 0.0839. The molecule has 1 aromatic heterocycles. The molecule has 0 bridgehead atoms. The number of sulfonamides is 1. The number of carbonyl (C=O) groups excluding carboxylic acids is 1. The molecule has 152 valence electrons. The molecule has 1 aliphatic rings. The Bertz CT molecular complexity index is 1010. The molecule has 0 unspecified atom stereocenters. The van der Waals surface area contributed by atoms with Crippen LogP contribution in [0.2, 0.25) is 0 Å². The fraction of sp³-hybridized carbons (Fsp3) is 0.474. The molecule has 2 heterocycles. The van der Waals surface area contributed by atoms with Crippen molar-refractivity contribution in [1.82, 2.24) is 15.1 Å². The van der Waals surface area contributed by atoms with Gasteiger partial charge in [-0.1, -0.05) is 6.07 Å². The van der Waals surface area contributed by atoms with E-state index < -0.39 is 21.7 Å². The highest BCUT2D eigenvalue weighted by Gasteiger charge is 2.29. The Morgan fingerprint density at radius 2 is 1.96 bits per heavy atom. The van der Waals surface area contributed by atoms with E-state index in [1.807, 2.05) is 34.6 Å². The van der Waals surface area contributed by atoms with Crippen molar-refractivity contribution in [2.45, 2.75) is 58.1 Å². The third-order valence-electron chi connectivity index (χ3n) is 4.60. The van der Waals surface area contributed by atoms with Gasteiger partial charge in [-0.3, -0.25) is 9.82 Å². The maximum atomic E-state index is 12.7. The van der Waals surface area contributed by atoms with Crippen molar-refractivity contribution >= 4 is 21.9 Å².